The minimum Gasteiger partial charge on any atom is -0.380 e. The highest BCUT2D eigenvalue weighted by Crippen LogP contribution is 2.26. The first-order chi connectivity index (χ1) is 8.56. The molecule has 0 atom stereocenters. The van der Waals surface area contributed by atoms with Gasteiger partial charge in [0.15, 0.2) is 0 Å². The van der Waals surface area contributed by atoms with Crippen LogP contribution in [-0.2, 0) is 6.54 Å². The van der Waals surface area contributed by atoms with Gasteiger partial charge in [0, 0.05) is 17.1 Å². The number of halogens is 4. The maximum atomic E-state index is 13.4. The Labute approximate surface area is 113 Å². The van der Waals surface area contributed by atoms with Gasteiger partial charge >= 0.3 is 0 Å². The number of rotatable bonds is 3. The van der Waals surface area contributed by atoms with Crippen molar-refractivity contribution in [2.75, 3.05) is 5.32 Å². The summed E-state index contributed by atoms with van der Waals surface area (Å²) in [5, 5.41) is 3.87. The van der Waals surface area contributed by atoms with Crippen LogP contribution >= 0.6 is 23.2 Å². The molecule has 0 bridgehead atoms. The van der Waals surface area contributed by atoms with E-state index in [2.05, 4.69) is 5.32 Å². The largest absolute Gasteiger partial charge is 0.380 e. The first kappa shape index (κ1) is 13.1. The monoisotopic (exact) mass is 287 g/mol. The molecule has 1 N–H and O–H groups in total. The Hall–Kier alpha value is -1.32. The van der Waals surface area contributed by atoms with E-state index in [4.69, 9.17) is 23.2 Å². The molecule has 0 saturated heterocycles. The summed E-state index contributed by atoms with van der Waals surface area (Å²) in [5.41, 5.74) is 0.853. The van der Waals surface area contributed by atoms with Crippen LogP contribution in [0, 0.1) is 11.6 Å². The third-order valence-electron chi connectivity index (χ3n) is 2.41. The quantitative estimate of drug-likeness (QED) is 0.848. The zero-order valence-corrected chi connectivity index (χ0v) is 10.7. The predicted octanol–water partition coefficient (Wildman–Crippen LogP) is 4.88. The smallest absolute Gasteiger partial charge is 0.128 e. The third kappa shape index (κ3) is 3.12. The van der Waals surface area contributed by atoms with Crippen molar-refractivity contribution in [3.05, 3.63) is 63.6 Å². The van der Waals surface area contributed by atoms with Gasteiger partial charge in [-0.25, -0.2) is 8.78 Å². The molecule has 0 saturated carbocycles. The maximum absolute atomic E-state index is 13.4. The lowest BCUT2D eigenvalue weighted by Crippen LogP contribution is -2.02. The fourth-order valence-corrected chi connectivity index (χ4v) is 1.98. The highest BCUT2D eigenvalue weighted by molar-refractivity contribution is 6.36. The Morgan fingerprint density at radius 2 is 1.78 bits per heavy atom. The molecule has 0 aliphatic heterocycles. The van der Waals surface area contributed by atoms with Crippen LogP contribution in [0.4, 0.5) is 14.5 Å². The molecule has 0 aliphatic carbocycles. The van der Waals surface area contributed by atoms with Crippen molar-refractivity contribution in [1.29, 1.82) is 0 Å². The van der Waals surface area contributed by atoms with Crippen molar-refractivity contribution in [1.82, 2.24) is 0 Å². The van der Waals surface area contributed by atoms with Crippen LogP contribution in [0.3, 0.4) is 0 Å². The number of hydrogen-bond donors (Lipinski definition) is 1. The topological polar surface area (TPSA) is 12.0 Å². The van der Waals surface area contributed by atoms with Crippen molar-refractivity contribution in [3.8, 4) is 0 Å². The van der Waals surface area contributed by atoms with E-state index >= 15 is 0 Å². The second-order valence-corrected chi connectivity index (χ2v) is 4.56. The molecule has 0 radical (unpaired) electrons. The Morgan fingerprint density at radius 3 is 2.50 bits per heavy atom. The van der Waals surface area contributed by atoms with Crippen LogP contribution in [-0.4, -0.2) is 0 Å². The predicted molar refractivity (Wildman–Crippen MR) is 70.1 cm³/mol. The molecule has 0 fully saturated rings. The molecule has 0 unspecified atom stereocenters. The Kier molecular flexibility index (Phi) is 4.04. The average molecular weight is 288 g/mol. The lowest BCUT2D eigenvalue weighted by Gasteiger charge is -2.09. The molecule has 0 amide bonds. The van der Waals surface area contributed by atoms with E-state index in [0.717, 1.165) is 18.2 Å². The molecule has 2 aromatic carbocycles. The minimum atomic E-state index is -0.476. The van der Waals surface area contributed by atoms with Gasteiger partial charge in [-0.15, -0.1) is 0 Å². The third-order valence-corrected chi connectivity index (χ3v) is 2.96. The first-order valence-corrected chi connectivity index (χ1v) is 5.95. The highest BCUT2D eigenvalue weighted by Gasteiger charge is 2.05. The first-order valence-electron chi connectivity index (χ1n) is 5.19. The normalized spacial score (nSPS) is 10.4. The second kappa shape index (κ2) is 5.55. The summed E-state index contributed by atoms with van der Waals surface area (Å²) in [7, 11) is 0. The lowest BCUT2D eigenvalue weighted by atomic mass is 10.2. The van der Waals surface area contributed by atoms with Gasteiger partial charge in [-0.1, -0.05) is 23.2 Å². The highest BCUT2D eigenvalue weighted by atomic mass is 35.5. The van der Waals surface area contributed by atoms with Gasteiger partial charge in [-0.05, 0) is 36.4 Å². The zero-order valence-electron chi connectivity index (χ0n) is 9.18. The molecule has 1 nitrogen and oxygen atoms in total. The van der Waals surface area contributed by atoms with Crippen molar-refractivity contribution in [3.63, 3.8) is 0 Å². The standard InChI is InChI=1S/C13H9Cl2F2N/c14-9-1-4-13(11(15)6-9)18-7-8-5-10(16)2-3-12(8)17/h1-6,18H,7H2. The maximum Gasteiger partial charge on any atom is 0.128 e. The molecule has 2 rings (SSSR count). The number of nitrogens with one attached hydrogen (secondary N) is 1. The van der Waals surface area contributed by atoms with Gasteiger partial charge in [-0.3, -0.25) is 0 Å². The summed E-state index contributed by atoms with van der Waals surface area (Å²) in [6, 6.07) is 8.24. The van der Waals surface area contributed by atoms with E-state index in [-0.39, 0.29) is 12.1 Å². The number of anilines is 1. The summed E-state index contributed by atoms with van der Waals surface area (Å²) in [6.45, 7) is 0.144. The lowest BCUT2D eigenvalue weighted by molar-refractivity contribution is 0.587. The molecule has 94 valence electrons. The molecule has 5 heteroatoms. The van der Waals surface area contributed by atoms with Crippen molar-refractivity contribution in [2.24, 2.45) is 0 Å². The van der Waals surface area contributed by atoms with Crippen LogP contribution in [0.15, 0.2) is 36.4 Å². The summed E-state index contributed by atoms with van der Waals surface area (Å²) < 4.78 is 26.3. The summed E-state index contributed by atoms with van der Waals surface area (Å²) in [4.78, 5) is 0. The van der Waals surface area contributed by atoms with E-state index in [1.165, 1.54) is 0 Å². The van der Waals surface area contributed by atoms with Crippen LogP contribution < -0.4 is 5.32 Å². The van der Waals surface area contributed by atoms with Gasteiger partial charge in [-0.2, -0.15) is 0 Å². The molecule has 0 aliphatic rings. The SMILES string of the molecule is Fc1ccc(F)c(CNc2ccc(Cl)cc2Cl)c1. The molecule has 2 aromatic rings. The van der Waals surface area contributed by atoms with E-state index in [9.17, 15) is 8.78 Å². The van der Waals surface area contributed by atoms with Crippen molar-refractivity contribution >= 4 is 28.9 Å². The van der Waals surface area contributed by atoms with Crippen LogP contribution in [0.5, 0.6) is 0 Å². The van der Waals surface area contributed by atoms with Gasteiger partial charge < -0.3 is 5.32 Å². The Morgan fingerprint density at radius 1 is 1.00 bits per heavy atom. The van der Waals surface area contributed by atoms with E-state index in [1.807, 2.05) is 0 Å². The molecule has 0 spiro atoms. The molecule has 0 heterocycles. The summed E-state index contributed by atoms with van der Waals surface area (Å²) >= 11 is 11.7. The number of hydrogen-bond acceptors (Lipinski definition) is 1. The van der Waals surface area contributed by atoms with Gasteiger partial charge in [0.2, 0.25) is 0 Å². The molecule has 0 aromatic heterocycles. The summed E-state index contributed by atoms with van der Waals surface area (Å²) in [6.07, 6.45) is 0. The number of benzene rings is 2. The van der Waals surface area contributed by atoms with Crippen LogP contribution in [0.2, 0.25) is 10.0 Å². The van der Waals surface area contributed by atoms with Crippen molar-refractivity contribution < 1.29 is 8.78 Å². The fraction of sp³-hybridized carbons (Fsp3) is 0.0769. The molecule has 18 heavy (non-hydrogen) atoms. The zero-order chi connectivity index (χ0) is 13.1. The van der Waals surface area contributed by atoms with Crippen molar-refractivity contribution in [2.45, 2.75) is 6.54 Å². The molecular formula is C13H9Cl2F2N. The van der Waals surface area contributed by atoms with Crippen LogP contribution in [0.25, 0.3) is 0 Å². The van der Waals surface area contributed by atoms with E-state index < -0.39 is 11.6 Å². The summed E-state index contributed by atoms with van der Waals surface area (Å²) in [5.74, 6) is -0.940. The second-order valence-electron chi connectivity index (χ2n) is 3.71. The molecular weight excluding hydrogens is 279 g/mol. The van der Waals surface area contributed by atoms with Crippen LogP contribution in [0.1, 0.15) is 5.56 Å². The fourth-order valence-electron chi connectivity index (χ4n) is 1.50. The van der Waals surface area contributed by atoms with Gasteiger partial charge in [0.25, 0.3) is 0 Å². The van der Waals surface area contributed by atoms with E-state index in [0.29, 0.717) is 15.7 Å². The Balaban J connectivity index is 2.13. The Bertz CT molecular complexity index is 573. The van der Waals surface area contributed by atoms with Gasteiger partial charge in [0.05, 0.1) is 10.7 Å². The minimum absolute atomic E-state index is 0.144. The average Bonchev–Trinajstić information content (AvgIpc) is 2.32. The van der Waals surface area contributed by atoms with Gasteiger partial charge in [0.1, 0.15) is 11.6 Å². The van der Waals surface area contributed by atoms with E-state index in [1.54, 1.807) is 18.2 Å².